The summed E-state index contributed by atoms with van der Waals surface area (Å²) in [6.45, 7) is 1.62. The number of imide groups is 1. The van der Waals surface area contributed by atoms with Gasteiger partial charge >= 0.3 is 0 Å². The topological polar surface area (TPSA) is 92.5 Å². The summed E-state index contributed by atoms with van der Waals surface area (Å²) in [5.41, 5.74) is 1.07. The van der Waals surface area contributed by atoms with Gasteiger partial charge in [0.05, 0.1) is 26.9 Å². The van der Waals surface area contributed by atoms with Gasteiger partial charge < -0.3 is 9.73 Å². The molecule has 1 aromatic heterocycles. The standard InChI is InChI=1S/C19H11Cl2N3O4/c1-9-16(22-8-28-9)17(25)23-10-5-6-14(13(21)7-10)24-18(26)11-3-2-4-12(20)15(11)19(24)27/h2-8H,1H3,(H,23,25). The third-order valence-electron chi connectivity index (χ3n) is 4.27. The molecule has 7 nitrogen and oxygen atoms in total. The molecule has 0 bridgehead atoms. The maximum Gasteiger partial charge on any atom is 0.277 e. The van der Waals surface area contributed by atoms with Crippen molar-refractivity contribution in [2.45, 2.75) is 6.92 Å². The van der Waals surface area contributed by atoms with Gasteiger partial charge in [0, 0.05) is 5.69 Å². The average molecular weight is 416 g/mol. The third kappa shape index (κ3) is 2.85. The second-order valence-corrected chi connectivity index (χ2v) is 6.80. The number of aryl methyl sites for hydroxylation is 1. The van der Waals surface area contributed by atoms with E-state index in [1.54, 1.807) is 19.1 Å². The highest BCUT2D eigenvalue weighted by Gasteiger charge is 2.39. The number of carbonyl (C=O) groups is 3. The highest BCUT2D eigenvalue weighted by Crippen LogP contribution is 2.37. The van der Waals surface area contributed by atoms with Crippen molar-refractivity contribution < 1.29 is 18.8 Å². The number of nitrogens with zero attached hydrogens (tertiary/aromatic N) is 2. The zero-order valence-electron chi connectivity index (χ0n) is 14.3. The normalized spacial score (nSPS) is 13.0. The molecule has 0 atom stereocenters. The Bertz CT molecular complexity index is 1160. The molecule has 0 saturated carbocycles. The van der Waals surface area contributed by atoms with E-state index in [-0.39, 0.29) is 32.6 Å². The maximum atomic E-state index is 12.7. The smallest absolute Gasteiger partial charge is 0.277 e. The number of oxazole rings is 1. The summed E-state index contributed by atoms with van der Waals surface area (Å²) < 4.78 is 5.01. The fourth-order valence-electron chi connectivity index (χ4n) is 2.94. The lowest BCUT2D eigenvalue weighted by atomic mass is 10.1. The molecule has 0 saturated heterocycles. The number of hydrogen-bond donors (Lipinski definition) is 1. The molecule has 1 aliphatic rings. The van der Waals surface area contributed by atoms with Crippen LogP contribution in [-0.2, 0) is 0 Å². The number of fused-ring (bicyclic) bond motifs is 1. The summed E-state index contributed by atoms with van der Waals surface area (Å²) >= 11 is 12.4. The van der Waals surface area contributed by atoms with E-state index in [4.69, 9.17) is 27.6 Å². The summed E-state index contributed by atoms with van der Waals surface area (Å²) in [6, 6.07) is 9.12. The number of carbonyl (C=O) groups excluding carboxylic acids is 3. The Morgan fingerprint density at radius 3 is 2.54 bits per heavy atom. The first kappa shape index (κ1) is 18.2. The van der Waals surface area contributed by atoms with E-state index in [0.29, 0.717) is 11.4 Å². The summed E-state index contributed by atoms with van der Waals surface area (Å²) in [4.78, 5) is 42.4. The molecule has 140 valence electrons. The number of halogens is 2. The fourth-order valence-corrected chi connectivity index (χ4v) is 3.46. The van der Waals surface area contributed by atoms with Crippen LogP contribution in [-0.4, -0.2) is 22.7 Å². The molecule has 1 aliphatic heterocycles. The molecule has 0 spiro atoms. The molecule has 28 heavy (non-hydrogen) atoms. The Labute approximate surface area is 168 Å². The molecule has 3 aromatic rings. The van der Waals surface area contributed by atoms with Gasteiger partial charge in [0.2, 0.25) is 0 Å². The predicted octanol–water partition coefficient (Wildman–Crippen LogP) is 4.34. The van der Waals surface area contributed by atoms with Crippen LogP contribution in [0, 0.1) is 6.92 Å². The first-order valence-electron chi connectivity index (χ1n) is 8.06. The maximum absolute atomic E-state index is 12.7. The monoisotopic (exact) mass is 415 g/mol. The van der Waals surface area contributed by atoms with Crippen molar-refractivity contribution >= 4 is 52.3 Å². The number of hydrogen-bond acceptors (Lipinski definition) is 5. The van der Waals surface area contributed by atoms with E-state index < -0.39 is 17.7 Å². The van der Waals surface area contributed by atoms with E-state index in [9.17, 15) is 14.4 Å². The van der Waals surface area contributed by atoms with E-state index in [1.807, 2.05) is 0 Å². The van der Waals surface area contributed by atoms with Gasteiger partial charge in [-0.25, -0.2) is 9.88 Å². The van der Waals surface area contributed by atoms with Gasteiger partial charge in [-0.05, 0) is 37.3 Å². The lowest BCUT2D eigenvalue weighted by molar-refractivity contribution is 0.0924. The second kappa shape index (κ2) is 6.78. The highest BCUT2D eigenvalue weighted by atomic mass is 35.5. The second-order valence-electron chi connectivity index (χ2n) is 5.99. The largest absolute Gasteiger partial charge is 0.448 e. The first-order valence-corrected chi connectivity index (χ1v) is 8.82. The quantitative estimate of drug-likeness (QED) is 0.642. The summed E-state index contributed by atoms with van der Waals surface area (Å²) in [6.07, 6.45) is 1.17. The van der Waals surface area contributed by atoms with Gasteiger partial charge in [0.15, 0.2) is 12.1 Å². The Morgan fingerprint density at radius 1 is 1.11 bits per heavy atom. The van der Waals surface area contributed by atoms with E-state index in [0.717, 1.165) is 4.90 Å². The van der Waals surface area contributed by atoms with Crippen LogP contribution in [0.2, 0.25) is 10.0 Å². The molecule has 2 heterocycles. The minimum Gasteiger partial charge on any atom is -0.448 e. The van der Waals surface area contributed by atoms with Crippen LogP contribution in [0.15, 0.2) is 47.2 Å². The average Bonchev–Trinajstić information content (AvgIpc) is 3.18. The van der Waals surface area contributed by atoms with Gasteiger partial charge in [0.1, 0.15) is 5.76 Å². The molecule has 2 aromatic carbocycles. The Kier molecular flexibility index (Phi) is 4.41. The molecular weight excluding hydrogens is 405 g/mol. The minimum atomic E-state index is -0.553. The van der Waals surface area contributed by atoms with Gasteiger partial charge in [-0.1, -0.05) is 29.3 Å². The Hall–Kier alpha value is -3.16. The van der Waals surface area contributed by atoms with Crippen molar-refractivity contribution in [2.75, 3.05) is 10.2 Å². The van der Waals surface area contributed by atoms with Gasteiger partial charge in [-0.15, -0.1) is 0 Å². The number of amides is 3. The van der Waals surface area contributed by atoms with Crippen molar-refractivity contribution in [3.63, 3.8) is 0 Å². The number of rotatable bonds is 3. The lowest BCUT2D eigenvalue weighted by Crippen LogP contribution is -2.29. The van der Waals surface area contributed by atoms with Crippen LogP contribution < -0.4 is 10.2 Å². The third-order valence-corrected chi connectivity index (χ3v) is 4.89. The molecule has 0 radical (unpaired) electrons. The molecule has 0 unspecified atom stereocenters. The van der Waals surface area contributed by atoms with Crippen LogP contribution in [0.5, 0.6) is 0 Å². The van der Waals surface area contributed by atoms with E-state index in [2.05, 4.69) is 10.3 Å². The molecule has 4 rings (SSSR count). The molecule has 3 amide bonds. The van der Waals surface area contributed by atoms with Gasteiger partial charge in [0.25, 0.3) is 17.7 Å². The van der Waals surface area contributed by atoms with Crippen LogP contribution in [0.1, 0.15) is 37.0 Å². The zero-order chi connectivity index (χ0) is 20.0. The molecular formula is C19H11Cl2N3O4. The minimum absolute atomic E-state index is 0.111. The number of aromatic nitrogens is 1. The summed E-state index contributed by atoms with van der Waals surface area (Å²) in [5.74, 6) is -1.16. The van der Waals surface area contributed by atoms with Crippen molar-refractivity contribution in [3.8, 4) is 0 Å². The molecule has 1 N–H and O–H groups in total. The van der Waals surface area contributed by atoms with Crippen LogP contribution >= 0.6 is 23.2 Å². The van der Waals surface area contributed by atoms with Crippen molar-refractivity contribution in [2.24, 2.45) is 0 Å². The molecule has 0 fully saturated rings. The van der Waals surface area contributed by atoms with Crippen molar-refractivity contribution in [1.29, 1.82) is 0 Å². The lowest BCUT2D eigenvalue weighted by Gasteiger charge is -2.16. The first-order chi connectivity index (χ1) is 13.4. The van der Waals surface area contributed by atoms with Crippen LogP contribution in [0.25, 0.3) is 0 Å². The molecule has 9 heteroatoms. The Balaban J connectivity index is 1.63. The Morgan fingerprint density at radius 2 is 1.89 bits per heavy atom. The summed E-state index contributed by atoms with van der Waals surface area (Å²) in [7, 11) is 0. The zero-order valence-corrected chi connectivity index (χ0v) is 15.8. The molecule has 0 aliphatic carbocycles. The van der Waals surface area contributed by atoms with Crippen LogP contribution in [0.3, 0.4) is 0 Å². The number of nitrogens with one attached hydrogen (secondary N) is 1. The number of benzene rings is 2. The van der Waals surface area contributed by atoms with Crippen molar-refractivity contribution in [3.05, 3.63) is 75.4 Å². The van der Waals surface area contributed by atoms with E-state index >= 15 is 0 Å². The van der Waals surface area contributed by atoms with Gasteiger partial charge in [-0.2, -0.15) is 0 Å². The van der Waals surface area contributed by atoms with E-state index in [1.165, 1.54) is 30.7 Å². The summed E-state index contributed by atoms with van der Waals surface area (Å²) in [5, 5.41) is 2.94. The fraction of sp³-hybridized carbons (Fsp3) is 0.0526. The SMILES string of the molecule is Cc1ocnc1C(=O)Nc1ccc(N2C(=O)c3cccc(Cl)c3C2=O)c(Cl)c1. The number of anilines is 2. The highest BCUT2D eigenvalue weighted by molar-refractivity contribution is 6.44. The predicted molar refractivity (Wildman–Crippen MR) is 103 cm³/mol. The van der Waals surface area contributed by atoms with Crippen molar-refractivity contribution in [1.82, 2.24) is 4.98 Å². The van der Waals surface area contributed by atoms with Crippen LogP contribution in [0.4, 0.5) is 11.4 Å². The van der Waals surface area contributed by atoms with Gasteiger partial charge in [-0.3, -0.25) is 14.4 Å².